The van der Waals surface area contributed by atoms with Crippen LogP contribution in [0.2, 0.25) is 10.0 Å². The van der Waals surface area contributed by atoms with E-state index in [2.05, 4.69) is 4.37 Å². The fraction of sp³-hybridized carbons (Fsp3) is 0. The molecule has 0 saturated carbocycles. The minimum Gasteiger partial charge on any atom is -0.365 e. The topological polar surface area (TPSA) is 79.8 Å². The average molecular weight is 298 g/mol. The maximum atomic E-state index is 11.0. The number of aromatic nitrogens is 1. The molecule has 2 N–H and O–H groups in total. The average Bonchev–Trinajstić information content (AvgIpc) is 2.82. The Morgan fingerprint density at radius 3 is 2.72 bits per heavy atom. The van der Waals surface area contributed by atoms with Gasteiger partial charge in [-0.3, -0.25) is 4.79 Å². The zero-order chi connectivity index (χ0) is 13.3. The van der Waals surface area contributed by atoms with E-state index in [1.54, 1.807) is 12.1 Å². The third-order valence-corrected chi connectivity index (χ3v) is 3.84. The predicted octanol–water partition coefficient (Wildman–Crippen LogP) is 3.09. The Morgan fingerprint density at radius 1 is 1.44 bits per heavy atom. The molecule has 0 spiro atoms. The number of halogens is 2. The van der Waals surface area contributed by atoms with Crippen molar-refractivity contribution in [1.29, 1.82) is 5.26 Å². The lowest BCUT2D eigenvalue weighted by Gasteiger charge is -2.03. The van der Waals surface area contributed by atoms with Crippen molar-refractivity contribution in [2.75, 3.05) is 0 Å². The number of nitriles is 1. The van der Waals surface area contributed by atoms with Crippen LogP contribution in [0.15, 0.2) is 18.2 Å². The maximum absolute atomic E-state index is 11.0. The van der Waals surface area contributed by atoms with Crippen molar-refractivity contribution in [3.05, 3.63) is 38.7 Å². The number of rotatable bonds is 2. The summed E-state index contributed by atoms with van der Waals surface area (Å²) >= 11 is 12.8. The fourth-order valence-corrected chi connectivity index (χ4v) is 2.36. The van der Waals surface area contributed by atoms with E-state index in [9.17, 15) is 4.79 Å². The number of nitrogens with zero attached hydrogens (tertiary/aromatic N) is 2. The second-order valence-corrected chi connectivity index (χ2v) is 4.93. The van der Waals surface area contributed by atoms with Gasteiger partial charge in [0, 0.05) is 5.56 Å². The van der Waals surface area contributed by atoms with Crippen LogP contribution in [0.5, 0.6) is 0 Å². The van der Waals surface area contributed by atoms with E-state index in [1.807, 2.05) is 6.07 Å². The Kier molecular flexibility index (Phi) is 3.53. The molecule has 90 valence electrons. The van der Waals surface area contributed by atoms with Gasteiger partial charge in [-0.25, -0.2) is 0 Å². The minimum atomic E-state index is -0.558. The van der Waals surface area contributed by atoms with Gasteiger partial charge in [0.25, 0.3) is 5.91 Å². The van der Waals surface area contributed by atoms with Crippen LogP contribution in [-0.4, -0.2) is 10.3 Å². The van der Waals surface area contributed by atoms with Crippen molar-refractivity contribution in [3.63, 3.8) is 0 Å². The lowest BCUT2D eigenvalue weighted by Crippen LogP contribution is -2.08. The molecule has 0 bridgehead atoms. The predicted molar refractivity (Wildman–Crippen MR) is 70.8 cm³/mol. The summed E-state index contributed by atoms with van der Waals surface area (Å²) in [5.74, 6) is -0.558. The van der Waals surface area contributed by atoms with Crippen LogP contribution in [0.4, 0.5) is 0 Å². The Balaban J connectivity index is 2.61. The van der Waals surface area contributed by atoms with E-state index in [1.165, 1.54) is 6.07 Å². The van der Waals surface area contributed by atoms with Crippen LogP contribution in [-0.2, 0) is 0 Å². The standard InChI is InChI=1S/C11H5Cl2N3OS/c12-7-2-1-5(6(4-14)10(7)13)8-3-9(11(15)17)18-16-8/h1-3H,(H2,15,17). The molecule has 0 aliphatic rings. The van der Waals surface area contributed by atoms with E-state index >= 15 is 0 Å². The molecular weight excluding hydrogens is 293 g/mol. The molecule has 1 aromatic heterocycles. The molecule has 0 aliphatic carbocycles. The Labute approximate surface area is 117 Å². The van der Waals surface area contributed by atoms with Gasteiger partial charge in [-0.05, 0) is 29.7 Å². The first-order valence-corrected chi connectivity index (χ1v) is 6.22. The highest BCUT2D eigenvalue weighted by Gasteiger charge is 2.15. The number of hydrogen-bond acceptors (Lipinski definition) is 4. The number of nitrogens with two attached hydrogens (primary N) is 1. The van der Waals surface area contributed by atoms with Crippen LogP contribution < -0.4 is 5.73 Å². The Morgan fingerprint density at radius 2 is 2.17 bits per heavy atom. The van der Waals surface area contributed by atoms with Crippen LogP contribution in [0.1, 0.15) is 15.2 Å². The summed E-state index contributed by atoms with van der Waals surface area (Å²) in [6.45, 7) is 0. The van der Waals surface area contributed by atoms with Crippen molar-refractivity contribution in [2.24, 2.45) is 5.73 Å². The monoisotopic (exact) mass is 297 g/mol. The van der Waals surface area contributed by atoms with E-state index in [0.29, 0.717) is 21.2 Å². The lowest BCUT2D eigenvalue weighted by molar-refractivity contribution is 0.100. The Hall–Kier alpha value is -1.61. The van der Waals surface area contributed by atoms with E-state index in [4.69, 9.17) is 34.2 Å². The molecule has 7 heteroatoms. The third kappa shape index (κ3) is 2.18. The highest BCUT2D eigenvalue weighted by atomic mass is 35.5. The first-order chi connectivity index (χ1) is 8.54. The van der Waals surface area contributed by atoms with Crippen LogP contribution in [0, 0.1) is 11.3 Å². The van der Waals surface area contributed by atoms with Crippen molar-refractivity contribution in [1.82, 2.24) is 4.37 Å². The smallest absolute Gasteiger partial charge is 0.260 e. The molecule has 1 heterocycles. The molecule has 0 atom stereocenters. The number of hydrogen-bond donors (Lipinski definition) is 1. The summed E-state index contributed by atoms with van der Waals surface area (Å²) in [6, 6.07) is 6.70. The maximum Gasteiger partial charge on any atom is 0.260 e. The zero-order valence-electron chi connectivity index (χ0n) is 8.78. The van der Waals surface area contributed by atoms with Gasteiger partial charge in [0.15, 0.2) is 0 Å². The van der Waals surface area contributed by atoms with Crippen molar-refractivity contribution in [2.45, 2.75) is 0 Å². The second kappa shape index (κ2) is 4.94. The van der Waals surface area contributed by atoms with E-state index < -0.39 is 5.91 Å². The summed E-state index contributed by atoms with van der Waals surface area (Å²) in [6.07, 6.45) is 0. The van der Waals surface area contributed by atoms with Gasteiger partial charge in [0.1, 0.15) is 10.9 Å². The first kappa shape index (κ1) is 12.8. The van der Waals surface area contributed by atoms with Gasteiger partial charge in [-0.2, -0.15) is 9.64 Å². The number of carbonyl (C=O) groups is 1. The molecule has 2 aromatic rings. The summed E-state index contributed by atoms with van der Waals surface area (Å²) in [5.41, 5.74) is 6.38. The molecule has 0 saturated heterocycles. The largest absolute Gasteiger partial charge is 0.365 e. The molecule has 0 radical (unpaired) electrons. The molecule has 0 unspecified atom stereocenters. The van der Waals surface area contributed by atoms with Gasteiger partial charge in [-0.15, -0.1) is 0 Å². The quantitative estimate of drug-likeness (QED) is 0.925. The number of benzene rings is 1. The molecular formula is C11H5Cl2N3OS. The molecule has 18 heavy (non-hydrogen) atoms. The molecule has 2 rings (SSSR count). The van der Waals surface area contributed by atoms with E-state index in [0.717, 1.165) is 11.5 Å². The van der Waals surface area contributed by atoms with Crippen LogP contribution in [0.25, 0.3) is 11.3 Å². The highest BCUT2D eigenvalue weighted by molar-refractivity contribution is 7.08. The van der Waals surface area contributed by atoms with Gasteiger partial charge < -0.3 is 5.73 Å². The van der Waals surface area contributed by atoms with Crippen molar-refractivity contribution >= 4 is 40.6 Å². The third-order valence-electron chi connectivity index (χ3n) is 2.24. The molecule has 1 aromatic carbocycles. The Bertz CT molecular complexity index is 675. The van der Waals surface area contributed by atoms with Crippen LogP contribution >= 0.6 is 34.7 Å². The van der Waals surface area contributed by atoms with Crippen molar-refractivity contribution in [3.8, 4) is 17.3 Å². The number of carbonyl (C=O) groups excluding carboxylic acids is 1. The van der Waals surface area contributed by atoms with Crippen LogP contribution in [0.3, 0.4) is 0 Å². The molecule has 0 fully saturated rings. The summed E-state index contributed by atoms with van der Waals surface area (Å²) in [5, 5.41) is 9.56. The van der Waals surface area contributed by atoms with Gasteiger partial charge >= 0.3 is 0 Å². The minimum absolute atomic E-state index is 0.172. The second-order valence-electron chi connectivity index (χ2n) is 3.34. The first-order valence-electron chi connectivity index (χ1n) is 4.69. The number of primary amides is 1. The molecule has 1 amide bonds. The van der Waals surface area contributed by atoms with Gasteiger partial charge in [-0.1, -0.05) is 23.2 Å². The number of amides is 1. The molecule has 4 nitrogen and oxygen atoms in total. The zero-order valence-corrected chi connectivity index (χ0v) is 11.1. The van der Waals surface area contributed by atoms with Crippen molar-refractivity contribution < 1.29 is 4.79 Å². The summed E-state index contributed by atoms with van der Waals surface area (Å²) in [4.78, 5) is 11.3. The molecule has 0 aliphatic heterocycles. The fourth-order valence-electron chi connectivity index (χ4n) is 1.39. The van der Waals surface area contributed by atoms with Gasteiger partial charge in [0.2, 0.25) is 0 Å². The SMILES string of the molecule is N#Cc1c(-c2cc(C(N)=O)sn2)ccc(Cl)c1Cl. The van der Waals surface area contributed by atoms with Gasteiger partial charge in [0.05, 0.1) is 21.3 Å². The normalized spacial score (nSPS) is 10.1. The summed E-state index contributed by atoms with van der Waals surface area (Å²) in [7, 11) is 0. The lowest BCUT2D eigenvalue weighted by atomic mass is 10.1. The highest BCUT2D eigenvalue weighted by Crippen LogP contribution is 2.34. The van der Waals surface area contributed by atoms with E-state index in [-0.39, 0.29) is 10.6 Å². The summed E-state index contributed by atoms with van der Waals surface area (Å²) < 4.78 is 4.08.